The maximum Gasteiger partial charge on any atom is 0.131 e. The lowest BCUT2D eigenvalue weighted by atomic mass is 9.92. The molecule has 5 heteroatoms. The van der Waals surface area contributed by atoms with Crippen LogP contribution in [0.5, 0.6) is 0 Å². The van der Waals surface area contributed by atoms with Gasteiger partial charge in [-0.3, -0.25) is 0 Å². The van der Waals surface area contributed by atoms with Gasteiger partial charge in [0.1, 0.15) is 18.0 Å². The Morgan fingerprint density at radius 2 is 1.95 bits per heavy atom. The van der Waals surface area contributed by atoms with Crippen LogP contribution in [0, 0.1) is 0 Å². The molecule has 4 N–H and O–H groups in total. The number of nitrogens with one attached hydrogen (secondary N) is 2. The smallest absolute Gasteiger partial charge is 0.131 e. The van der Waals surface area contributed by atoms with Crippen molar-refractivity contribution in [3.8, 4) is 0 Å². The Balaban J connectivity index is 1.84. The molecule has 5 nitrogen and oxygen atoms in total. The molecule has 19 heavy (non-hydrogen) atoms. The lowest BCUT2D eigenvalue weighted by Gasteiger charge is -2.27. The van der Waals surface area contributed by atoms with Gasteiger partial charge in [0.05, 0.1) is 0 Å². The van der Waals surface area contributed by atoms with Crippen LogP contribution in [0.4, 0.5) is 11.6 Å². The van der Waals surface area contributed by atoms with Gasteiger partial charge >= 0.3 is 0 Å². The van der Waals surface area contributed by atoms with E-state index in [4.69, 9.17) is 5.73 Å². The molecule has 0 spiro atoms. The third-order valence-corrected chi connectivity index (χ3v) is 3.63. The summed E-state index contributed by atoms with van der Waals surface area (Å²) in [7, 11) is 0. The average molecular weight is 263 g/mol. The van der Waals surface area contributed by atoms with Gasteiger partial charge in [0.2, 0.25) is 0 Å². The molecule has 1 heterocycles. The highest BCUT2D eigenvalue weighted by Gasteiger charge is 2.18. The second-order valence-corrected chi connectivity index (χ2v) is 5.32. The quantitative estimate of drug-likeness (QED) is 0.687. The van der Waals surface area contributed by atoms with E-state index in [0.29, 0.717) is 12.1 Å². The van der Waals surface area contributed by atoms with Crippen LogP contribution in [0.3, 0.4) is 0 Å². The highest BCUT2D eigenvalue weighted by molar-refractivity contribution is 5.46. The highest BCUT2D eigenvalue weighted by Crippen LogP contribution is 2.20. The fraction of sp³-hybridized carbons (Fsp3) is 0.714. The molecule has 1 fully saturated rings. The van der Waals surface area contributed by atoms with Gasteiger partial charge in [-0.2, -0.15) is 0 Å². The molecule has 2 rings (SSSR count). The second-order valence-electron chi connectivity index (χ2n) is 5.32. The predicted octanol–water partition coefficient (Wildman–Crippen LogP) is 2.37. The van der Waals surface area contributed by atoms with E-state index in [1.54, 1.807) is 6.33 Å². The van der Waals surface area contributed by atoms with Crippen molar-refractivity contribution in [3.63, 3.8) is 0 Å². The first-order chi connectivity index (χ1) is 9.28. The first-order valence-corrected chi connectivity index (χ1v) is 7.36. The van der Waals surface area contributed by atoms with Crippen LogP contribution in [-0.4, -0.2) is 28.6 Å². The fourth-order valence-electron chi connectivity index (χ4n) is 2.40. The van der Waals surface area contributed by atoms with E-state index >= 15 is 0 Å². The summed E-state index contributed by atoms with van der Waals surface area (Å²) in [5, 5.41) is 6.80. The third-order valence-electron chi connectivity index (χ3n) is 3.63. The number of anilines is 2. The molecule has 0 atom stereocenters. The molecule has 0 unspecified atom stereocenters. The molecule has 1 saturated carbocycles. The van der Waals surface area contributed by atoms with Gasteiger partial charge in [0.15, 0.2) is 0 Å². The standard InChI is InChI=1S/C14H25N5/c1-2-3-8-16-13-9-14(18-10-17-13)19-12-6-4-11(15)5-7-12/h9-12H,2-8,15H2,1H3,(H2,16,17,18,19). The van der Waals surface area contributed by atoms with Crippen molar-refractivity contribution in [2.45, 2.75) is 57.5 Å². The van der Waals surface area contributed by atoms with E-state index < -0.39 is 0 Å². The monoisotopic (exact) mass is 263 g/mol. The van der Waals surface area contributed by atoms with Crippen molar-refractivity contribution in [2.24, 2.45) is 5.73 Å². The molecule has 1 aromatic heterocycles. The largest absolute Gasteiger partial charge is 0.370 e. The summed E-state index contributed by atoms with van der Waals surface area (Å²) in [5.74, 6) is 1.81. The minimum absolute atomic E-state index is 0.384. The van der Waals surface area contributed by atoms with Crippen molar-refractivity contribution < 1.29 is 0 Å². The zero-order valence-electron chi connectivity index (χ0n) is 11.7. The Bertz CT molecular complexity index is 374. The summed E-state index contributed by atoms with van der Waals surface area (Å²) in [6.07, 6.45) is 8.42. The van der Waals surface area contributed by atoms with Gasteiger partial charge in [-0.05, 0) is 32.1 Å². The number of hydrogen-bond donors (Lipinski definition) is 3. The lowest BCUT2D eigenvalue weighted by Crippen LogP contribution is -2.33. The van der Waals surface area contributed by atoms with Gasteiger partial charge in [0.25, 0.3) is 0 Å². The van der Waals surface area contributed by atoms with E-state index in [9.17, 15) is 0 Å². The van der Waals surface area contributed by atoms with Gasteiger partial charge in [0, 0.05) is 24.7 Å². The number of aromatic nitrogens is 2. The molecule has 0 amide bonds. The topological polar surface area (TPSA) is 75.9 Å². The number of hydrogen-bond acceptors (Lipinski definition) is 5. The molecule has 1 aromatic rings. The Kier molecular flexibility index (Phi) is 5.39. The number of rotatable bonds is 6. The molecule has 0 saturated heterocycles. The van der Waals surface area contributed by atoms with E-state index in [2.05, 4.69) is 27.5 Å². The van der Waals surface area contributed by atoms with Crippen molar-refractivity contribution in [1.82, 2.24) is 9.97 Å². The summed E-state index contributed by atoms with van der Waals surface area (Å²) in [6.45, 7) is 3.15. The molecular weight excluding hydrogens is 238 g/mol. The lowest BCUT2D eigenvalue weighted by molar-refractivity contribution is 0.410. The maximum absolute atomic E-state index is 5.92. The normalized spacial score (nSPS) is 23.1. The molecule has 1 aliphatic rings. The number of nitrogens with zero attached hydrogens (tertiary/aromatic N) is 2. The van der Waals surface area contributed by atoms with Crippen molar-refractivity contribution >= 4 is 11.6 Å². The van der Waals surface area contributed by atoms with Crippen molar-refractivity contribution in [1.29, 1.82) is 0 Å². The van der Waals surface area contributed by atoms with Crippen LogP contribution in [0.25, 0.3) is 0 Å². The summed E-state index contributed by atoms with van der Waals surface area (Å²) < 4.78 is 0. The van der Waals surface area contributed by atoms with E-state index in [1.807, 2.05) is 6.07 Å². The van der Waals surface area contributed by atoms with Crippen LogP contribution >= 0.6 is 0 Å². The van der Waals surface area contributed by atoms with Crippen LogP contribution < -0.4 is 16.4 Å². The Morgan fingerprint density at radius 3 is 2.68 bits per heavy atom. The summed E-state index contributed by atoms with van der Waals surface area (Å²) in [4.78, 5) is 8.52. The van der Waals surface area contributed by atoms with Gasteiger partial charge in [-0.15, -0.1) is 0 Å². The molecular formula is C14H25N5. The predicted molar refractivity (Wildman–Crippen MR) is 79.3 cm³/mol. The van der Waals surface area contributed by atoms with Crippen LogP contribution in [0.2, 0.25) is 0 Å². The zero-order chi connectivity index (χ0) is 13.5. The van der Waals surface area contributed by atoms with Crippen molar-refractivity contribution in [2.75, 3.05) is 17.2 Å². The molecule has 106 valence electrons. The molecule has 0 radical (unpaired) electrons. The Labute approximate surface area is 115 Å². The first kappa shape index (κ1) is 14.1. The minimum Gasteiger partial charge on any atom is -0.370 e. The summed E-state index contributed by atoms with van der Waals surface area (Å²) in [5.41, 5.74) is 5.92. The summed E-state index contributed by atoms with van der Waals surface area (Å²) in [6, 6.07) is 2.87. The highest BCUT2D eigenvalue weighted by atomic mass is 15.1. The van der Waals surface area contributed by atoms with Gasteiger partial charge < -0.3 is 16.4 Å². The van der Waals surface area contributed by atoms with E-state index in [0.717, 1.165) is 50.3 Å². The molecule has 1 aliphatic carbocycles. The molecule has 0 aliphatic heterocycles. The maximum atomic E-state index is 5.92. The number of nitrogens with two attached hydrogens (primary N) is 1. The number of unbranched alkanes of at least 4 members (excludes halogenated alkanes) is 1. The van der Waals surface area contributed by atoms with Crippen LogP contribution in [0.15, 0.2) is 12.4 Å². The van der Waals surface area contributed by atoms with Crippen molar-refractivity contribution in [3.05, 3.63) is 12.4 Å². The molecule has 0 bridgehead atoms. The summed E-state index contributed by atoms with van der Waals surface area (Å²) >= 11 is 0. The second kappa shape index (κ2) is 7.28. The average Bonchev–Trinajstić information content (AvgIpc) is 2.42. The van der Waals surface area contributed by atoms with Crippen LogP contribution in [-0.2, 0) is 0 Å². The Hall–Kier alpha value is -1.36. The molecule has 0 aromatic carbocycles. The fourth-order valence-corrected chi connectivity index (χ4v) is 2.40. The van der Waals surface area contributed by atoms with E-state index in [-0.39, 0.29) is 0 Å². The first-order valence-electron chi connectivity index (χ1n) is 7.36. The SMILES string of the molecule is CCCCNc1cc(NC2CCC(N)CC2)ncn1. The van der Waals surface area contributed by atoms with Gasteiger partial charge in [-0.25, -0.2) is 9.97 Å². The minimum atomic E-state index is 0.384. The Morgan fingerprint density at radius 1 is 1.21 bits per heavy atom. The van der Waals surface area contributed by atoms with E-state index in [1.165, 1.54) is 6.42 Å². The third kappa shape index (κ3) is 4.67. The zero-order valence-corrected chi connectivity index (χ0v) is 11.7. The van der Waals surface area contributed by atoms with Gasteiger partial charge in [-0.1, -0.05) is 13.3 Å². The van der Waals surface area contributed by atoms with Crippen LogP contribution in [0.1, 0.15) is 45.4 Å².